The van der Waals surface area contributed by atoms with E-state index in [1.807, 2.05) is 30.3 Å². The molecule has 82 valence electrons. The van der Waals surface area contributed by atoms with Gasteiger partial charge in [0.15, 0.2) is 0 Å². The average Bonchev–Trinajstić information content (AvgIpc) is 2.28. The van der Waals surface area contributed by atoms with Gasteiger partial charge in [-0.15, -0.1) is 0 Å². The smallest absolute Gasteiger partial charge is 0.234 e. The predicted octanol–water partition coefficient (Wildman–Crippen LogP) is 0.862. The average molecular weight is 210 g/mol. The Bertz CT molecular complexity index is 290. The lowest BCUT2D eigenvalue weighted by Crippen LogP contribution is -2.34. The van der Waals surface area contributed by atoms with E-state index < -0.39 is 6.67 Å². The summed E-state index contributed by atoms with van der Waals surface area (Å²) in [5, 5.41) is 5.42. The van der Waals surface area contributed by atoms with Crippen molar-refractivity contribution < 1.29 is 9.18 Å². The van der Waals surface area contributed by atoms with Crippen LogP contribution in [0.15, 0.2) is 30.3 Å². The van der Waals surface area contributed by atoms with Gasteiger partial charge in [0.05, 0.1) is 6.54 Å². The van der Waals surface area contributed by atoms with Crippen LogP contribution in [0.3, 0.4) is 0 Å². The van der Waals surface area contributed by atoms with Gasteiger partial charge in [-0.2, -0.15) is 0 Å². The number of nitrogens with one attached hydrogen (secondary N) is 2. The zero-order valence-corrected chi connectivity index (χ0v) is 8.50. The van der Waals surface area contributed by atoms with Crippen molar-refractivity contribution in [1.29, 1.82) is 0 Å². The molecule has 0 unspecified atom stereocenters. The lowest BCUT2D eigenvalue weighted by Gasteiger charge is -2.05. The number of amides is 1. The molecule has 0 radical (unpaired) electrons. The van der Waals surface area contributed by atoms with Crippen LogP contribution in [0.4, 0.5) is 4.39 Å². The molecule has 0 aromatic heterocycles. The first-order valence-corrected chi connectivity index (χ1v) is 4.90. The van der Waals surface area contributed by atoms with Crippen LogP contribution < -0.4 is 10.6 Å². The summed E-state index contributed by atoms with van der Waals surface area (Å²) in [6.07, 6.45) is 0. The van der Waals surface area contributed by atoms with Gasteiger partial charge in [-0.25, -0.2) is 4.39 Å². The fraction of sp³-hybridized carbons (Fsp3) is 0.364. The van der Waals surface area contributed by atoms with Crippen molar-refractivity contribution in [3.8, 4) is 0 Å². The topological polar surface area (TPSA) is 41.1 Å². The molecule has 1 rings (SSSR count). The minimum Gasteiger partial charge on any atom is -0.351 e. The predicted molar refractivity (Wildman–Crippen MR) is 57.1 cm³/mol. The number of benzene rings is 1. The second kappa shape index (κ2) is 6.95. The highest BCUT2D eigenvalue weighted by Gasteiger charge is 1.99. The Balaban J connectivity index is 2.17. The molecule has 0 saturated carbocycles. The lowest BCUT2D eigenvalue weighted by molar-refractivity contribution is -0.120. The lowest BCUT2D eigenvalue weighted by atomic mass is 10.2. The van der Waals surface area contributed by atoms with Gasteiger partial charge in [0.2, 0.25) is 5.91 Å². The molecule has 0 aliphatic heterocycles. The summed E-state index contributed by atoms with van der Waals surface area (Å²) in [5.74, 6) is -0.118. The first-order valence-electron chi connectivity index (χ1n) is 4.90. The van der Waals surface area contributed by atoms with E-state index in [4.69, 9.17) is 0 Å². The zero-order chi connectivity index (χ0) is 10.9. The number of carbonyl (C=O) groups excluding carboxylic acids is 1. The van der Waals surface area contributed by atoms with E-state index in [1.54, 1.807) is 0 Å². The third-order valence-electron chi connectivity index (χ3n) is 1.89. The standard InChI is InChI=1S/C11H15FN2O/c12-6-7-13-9-11(15)14-8-10-4-2-1-3-5-10/h1-5,13H,6-9H2,(H,14,15). The molecule has 0 spiro atoms. The summed E-state index contributed by atoms with van der Waals surface area (Å²) < 4.78 is 11.7. The second-order valence-corrected chi connectivity index (χ2v) is 3.13. The van der Waals surface area contributed by atoms with Gasteiger partial charge in [0.25, 0.3) is 0 Å². The molecule has 2 N–H and O–H groups in total. The Kier molecular flexibility index (Phi) is 5.40. The molecule has 15 heavy (non-hydrogen) atoms. The third-order valence-corrected chi connectivity index (χ3v) is 1.89. The summed E-state index contributed by atoms with van der Waals surface area (Å²) in [6.45, 7) is 0.443. The Morgan fingerprint density at radius 1 is 1.27 bits per heavy atom. The van der Waals surface area contributed by atoms with Crippen molar-refractivity contribution in [2.75, 3.05) is 19.8 Å². The molecule has 0 heterocycles. The van der Waals surface area contributed by atoms with Crippen molar-refractivity contribution in [1.82, 2.24) is 10.6 Å². The summed E-state index contributed by atoms with van der Waals surface area (Å²) in [4.78, 5) is 11.2. The molecule has 0 aliphatic carbocycles. The maximum atomic E-state index is 11.7. The maximum absolute atomic E-state index is 11.7. The van der Waals surface area contributed by atoms with Crippen LogP contribution in [0.1, 0.15) is 5.56 Å². The van der Waals surface area contributed by atoms with Gasteiger partial charge in [0, 0.05) is 13.1 Å². The second-order valence-electron chi connectivity index (χ2n) is 3.13. The fourth-order valence-corrected chi connectivity index (χ4v) is 1.13. The minimum atomic E-state index is -0.452. The molecule has 0 atom stereocenters. The monoisotopic (exact) mass is 210 g/mol. The van der Waals surface area contributed by atoms with Gasteiger partial charge in [-0.1, -0.05) is 30.3 Å². The first kappa shape index (κ1) is 11.7. The van der Waals surface area contributed by atoms with Crippen LogP contribution in [0, 0.1) is 0 Å². The summed E-state index contributed by atoms with van der Waals surface area (Å²) in [5.41, 5.74) is 1.05. The largest absolute Gasteiger partial charge is 0.351 e. The highest BCUT2D eigenvalue weighted by Crippen LogP contribution is 1.96. The molecule has 0 aliphatic rings. The number of halogens is 1. The Labute approximate surface area is 88.7 Å². The van der Waals surface area contributed by atoms with Crippen LogP contribution in [-0.2, 0) is 11.3 Å². The number of alkyl halides is 1. The van der Waals surface area contributed by atoms with Gasteiger partial charge in [-0.3, -0.25) is 4.79 Å². The van der Waals surface area contributed by atoms with Crippen molar-refractivity contribution in [3.63, 3.8) is 0 Å². The zero-order valence-electron chi connectivity index (χ0n) is 8.50. The van der Waals surface area contributed by atoms with Gasteiger partial charge < -0.3 is 10.6 Å². The molecule has 1 aromatic rings. The molecule has 4 heteroatoms. The van der Waals surface area contributed by atoms with E-state index in [2.05, 4.69) is 10.6 Å². The van der Waals surface area contributed by atoms with Crippen molar-refractivity contribution in [2.45, 2.75) is 6.54 Å². The van der Waals surface area contributed by atoms with E-state index in [-0.39, 0.29) is 19.0 Å². The summed E-state index contributed by atoms with van der Waals surface area (Å²) in [6, 6.07) is 9.64. The van der Waals surface area contributed by atoms with Gasteiger partial charge in [0.1, 0.15) is 6.67 Å². The Hall–Kier alpha value is -1.42. The SMILES string of the molecule is O=C(CNCCF)NCc1ccccc1. The molecule has 0 bridgehead atoms. The van der Waals surface area contributed by atoms with E-state index in [0.29, 0.717) is 6.54 Å². The normalized spacial score (nSPS) is 9.93. The molecule has 3 nitrogen and oxygen atoms in total. The molecule has 1 amide bonds. The molecule has 1 aromatic carbocycles. The van der Waals surface area contributed by atoms with Crippen LogP contribution >= 0.6 is 0 Å². The van der Waals surface area contributed by atoms with Crippen LogP contribution in [0.2, 0.25) is 0 Å². The van der Waals surface area contributed by atoms with Crippen molar-refractivity contribution >= 4 is 5.91 Å². The quantitative estimate of drug-likeness (QED) is 0.684. The first-order chi connectivity index (χ1) is 7.33. The number of hydrogen-bond donors (Lipinski definition) is 2. The maximum Gasteiger partial charge on any atom is 0.234 e. The number of carbonyl (C=O) groups is 1. The van der Waals surface area contributed by atoms with Gasteiger partial charge >= 0.3 is 0 Å². The Morgan fingerprint density at radius 2 is 2.00 bits per heavy atom. The van der Waals surface area contributed by atoms with Crippen molar-refractivity contribution in [2.24, 2.45) is 0 Å². The van der Waals surface area contributed by atoms with E-state index in [1.165, 1.54) is 0 Å². The molecular weight excluding hydrogens is 195 g/mol. The number of rotatable bonds is 6. The fourth-order valence-electron chi connectivity index (χ4n) is 1.13. The molecular formula is C11H15FN2O. The highest BCUT2D eigenvalue weighted by atomic mass is 19.1. The van der Waals surface area contributed by atoms with E-state index in [9.17, 15) is 9.18 Å². The minimum absolute atomic E-state index is 0.118. The van der Waals surface area contributed by atoms with Gasteiger partial charge in [-0.05, 0) is 5.56 Å². The van der Waals surface area contributed by atoms with Crippen molar-refractivity contribution in [3.05, 3.63) is 35.9 Å². The third kappa shape index (κ3) is 5.12. The molecule has 0 saturated heterocycles. The van der Waals surface area contributed by atoms with Crippen LogP contribution in [0.5, 0.6) is 0 Å². The van der Waals surface area contributed by atoms with Crippen LogP contribution in [-0.4, -0.2) is 25.7 Å². The summed E-state index contributed by atoms with van der Waals surface area (Å²) >= 11 is 0. The summed E-state index contributed by atoms with van der Waals surface area (Å²) in [7, 11) is 0. The molecule has 0 fully saturated rings. The Morgan fingerprint density at radius 3 is 2.67 bits per heavy atom. The van der Waals surface area contributed by atoms with Crippen LogP contribution in [0.25, 0.3) is 0 Å². The van der Waals surface area contributed by atoms with E-state index in [0.717, 1.165) is 5.56 Å². The highest BCUT2D eigenvalue weighted by molar-refractivity contribution is 5.77. The number of hydrogen-bond acceptors (Lipinski definition) is 2. The van der Waals surface area contributed by atoms with E-state index >= 15 is 0 Å².